The molecule has 0 aliphatic rings. The highest BCUT2D eigenvalue weighted by Gasteiger charge is 2.39. The van der Waals surface area contributed by atoms with E-state index in [-0.39, 0.29) is 60.5 Å². The van der Waals surface area contributed by atoms with Gasteiger partial charge in [-0.15, -0.1) is 0 Å². The number of rotatable bonds is 94. The maximum atomic E-state index is 6.28. The van der Waals surface area contributed by atoms with Crippen LogP contribution >= 0.6 is 0 Å². The maximum absolute atomic E-state index is 6.28. The number of hydrogen-bond donors (Lipinski definition) is 22. The fourth-order valence-electron chi connectivity index (χ4n) is 10.8. The first-order valence-corrected chi connectivity index (χ1v) is 45.7. The molecule has 0 aromatic rings. The molecule has 784 valence electrons. The molecule has 10 unspecified atom stereocenters. The van der Waals surface area contributed by atoms with Crippen molar-refractivity contribution < 1.29 is 114 Å². The molecule has 0 saturated carbocycles. The fraction of sp³-hybridized carbons (Fsp3) is 1.00. The van der Waals surface area contributed by atoms with E-state index >= 15 is 0 Å². The zero-order valence-electron chi connectivity index (χ0n) is 81.2. The van der Waals surface area contributed by atoms with Crippen molar-refractivity contribution in [3.05, 3.63) is 0 Å². The SMILES string of the molecule is CC(N)COCC(COCC(C)N)(COCC(C)N)COCC(C)N.CC(N)COCC(COCC(COCC(C)N)OCC(C)N)OCC(C)N.NCCOCC(COCCN)(COCCN)COCC(COCCN)(COCCN)COCCN.NCCOCC(COCCN)(COCCN)COCCN.NCCOCC(COCCN)(COCCN)COCCN. The van der Waals surface area contributed by atoms with Crippen molar-refractivity contribution >= 4 is 0 Å². The van der Waals surface area contributed by atoms with Crippen molar-refractivity contribution in [3.8, 4) is 0 Å². The third-order valence-electron chi connectivity index (χ3n) is 16.5. The van der Waals surface area contributed by atoms with Gasteiger partial charge in [-0.1, -0.05) is 0 Å². The first-order valence-electron chi connectivity index (χ1n) is 45.7. The summed E-state index contributed by atoms with van der Waals surface area (Å²) in [5, 5.41) is 0. The molecular formula is C83H198N22O24. The van der Waals surface area contributed by atoms with E-state index in [1.165, 1.54) is 0 Å². The van der Waals surface area contributed by atoms with Crippen molar-refractivity contribution in [2.24, 2.45) is 153 Å². The van der Waals surface area contributed by atoms with E-state index in [9.17, 15) is 0 Å². The van der Waals surface area contributed by atoms with Gasteiger partial charge in [-0.05, 0) is 55.4 Å². The lowest BCUT2D eigenvalue weighted by atomic mass is 9.90. The highest BCUT2D eigenvalue weighted by Crippen LogP contribution is 2.27. The highest BCUT2D eigenvalue weighted by atomic mass is 16.6. The van der Waals surface area contributed by atoms with E-state index in [1.54, 1.807) is 0 Å². The molecule has 0 rings (SSSR count). The van der Waals surface area contributed by atoms with Gasteiger partial charge in [0.2, 0.25) is 0 Å². The number of nitrogens with two attached hydrogens (primary N) is 22. The second-order valence-electron chi connectivity index (χ2n) is 33.2. The van der Waals surface area contributed by atoms with E-state index in [0.717, 1.165) is 0 Å². The van der Waals surface area contributed by atoms with Crippen LogP contribution in [0.2, 0.25) is 0 Å². The molecule has 0 heterocycles. The summed E-state index contributed by atoms with van der Waals surface area (Å²) in [6.45, 7) is 40.4. The van der Waals surface area contributed by atoms with Crippen LogP contribution in [0.15, 0.2) is 0 Å². The Balaban J connectivity index is -0.000000503. The van der Waals surface area contributed by atoms with Crippen LogP contribution in [0.3, 0.4) is 0 Å². The molecule has 0 aliphatic carbocycles. The summed E-state index contributed by atoms with van der Waals surface area (Å²) < 4.78 is 137. The Morgan fingerprint density at radius 2 is 0.248 bits per heavy atom. The second-order valence-corrected chi connectivity index (χ2v) is 33.2. The lowest BCUT2D eigenvalue weighted by Gasteiger charge is -2.36. The Bertz CT molecular complexity index is 1890. The topological polar surface area (TPSA) is 794 Å². The lowest BCUT2D eigenvalue weighted by Crippen LogP contribution is -2.46. The molecule has 44 N–H and O–H groups in total. The summed E-state index contributed by atoms with van der Waals surface area (Å²) in [7, 11) is 0. The van der Waals surface area contributed by atoms with Gasteiger partial charge in [0.15, 0.2) is 0 Å². The minimum absolute atomic E-state index is 0.0295. The molecule has 0 amide bonds. The molecule has 46 heteroatoms. The van der Waals surface area contributed by atoms with Gasteiger partial charge < -0.3 is 240 Å². The third kappa shape index (κ3) is 91.0. The normalized spacial score (nSPS) is 14.9. The third-order valence-corrected chi connectivity index (χ3v) is 16.5. The van der Waals surface area contributed by atoms with Crippen molar-refractivity contribution in [3.63, 3.8) is 0 Å². The molecular weight excluding hydrogens is 1690 g/mol. The zero-order chi connectivity index (χ0) is 97.7. The summed E-state index contributed by atoms with van der Waals surface area (Å²) in [5.74, 6) is 0. The van der Waals surface area contributed by atoms with Crippen molar-refractivity contribution in [1.82, 2.24) is 0 Å². The average molecular weight is 1890 g/mol. The van der Waals surface area contributed by atoms with Crippen molar-refractivity contribution in [1.29, 1.82) is 0 Å². The second kappa shape index (κ2) is 97.8. The van der Waals surface area contributed by atoms with Gasteiger partial charge in [-0.2, -0.15) is 0 Å². The van der Waals surface area contributed by atoms with E-state index < -0.39 is 27.1 Å². The van der Waals surface area contributed by atoms with Crippen LogP contribution < -0.4 is 126 Å². The number of ether oxygens (including phenoxy) is 24. The predicted octanol–water partition coefficient (Wildman–Crippen LogP) is -8.80. The molecule has 0 aromatic carbocycles. The van der Waals surface area contributed by atoms with Crippen LogP contribution in [0, 0.1) is 27.1 Å². The molecule has 0 aromatic heterocycles. The van der Waals surface area contributed by atoms with Crippen LogP contribution in [0.5, 0.6) is 0 Å². The smallest absolute Gasteiger partial charge is 0.104 e. The van der Waals surface area contributed by atoms with E-state index in [4.69, 9.17) is 240 Å². The lowest BCUT2D eigenvalue weighted by molar-refractivity contribution is -0.140. The van der Waals surface area contributed by atoms with Crippen LogP contribution in [0.25, 0.3) is 0 Å². The Hall–Kier alpha value is -1.84. The van der Waals surface area contributed by atoms with Crippen LogP contribution in [0.4, 0.5) is 0 Å². The van der Waals surface area contributed by atoms with Crippen LogP contribution in [0.1, 0.15) is 55.4 Å². The molecule has 0 spiro atoms. The van der Waals surface area contributed by atoms with Crippen molar-refractivity contribution in [2.75, 3.05) is 396 Å². The highest BCUT2D eigenvalue weighted by molar-refractivity contribution is 4.86. The van der Waals surface area contributed by atoms with Crippen LogP contribution in [-0.4, -0.2) is 456 Å². The number of hydrogen-bond acceptors (Lipinski definition) is 46. The van der Waals surface area contributed by atoms with Gasteiger partial charge in [0, 0.05) is 140 Å². The largest absolute Gasteiger partial charge is 0.380 e. The Morgan fingerprint density at radius 1 is 0.140 bits per heavy atom. The monoisotopic (exact) mass is 1890 g/mol. The molecule has 46 nitrogen and oxygen atoms in total. The molecule has 0 saturated heterocycles. The van der Waals surface area contributed by atoms with E-state index in [0.29, 0.717) is 396 Å². The maximum Gasteiger partial charge on any atom is 0.104 e. The molecule has 10 atom stereocenters. The van der Waals surface area contributed by atoms with Gasteiger partial charge >= 0.3 is 0 Å². The summed E-state index contributed by atoms with van der Waals surface area (Å²) in [6, 6.07) is -0.355. The average Bonchev–Trinajstić information content (AvgIpc) is 0.839. The Kier molecular flexibility index (Phi) is 103. The summed E-state index contributed by atoms with van der Waals surface area (Å²) in [6.07, 6.45) is -0.456. The minimum Gasteiger partial charge on any atom is -0.380 e. The first-order chi connectivity index (χ1) is 61.9. The molecule has 129 heavy (non-hydrogen) atoms. The summed E-state index contributed by atoms with van der Waals surface area (Å²) in [4.78, 5) is 0. The summed E-state index contributed by atoms with van der Waals surface area (Å²) >= 11 is 0. The predicted molar refractivity (Wildman–Crippen MR) is 506 cm³/mol. The quantitative estimate of drug-likeness (QED) is 0.0252. The fourth-order valence-corrected chi connectivity index (χ4v) is 10.8. The Morgan fingerprint density at radius 3 is 0.372 bits per heavy atom. The van der Waals surface area contributed by atoms with E-state index in [1.807, 2.05) is 55.4 Å². The van der Waals surface area contributed by atoms with Gasteiger partial charge in [0.25, 0.3) is 0 Å². The van der Waals surface area contributed by atoms with E-state index in [2.05, 4.69) is 0 Å². The van der Waals surface area contributed by atoms with Crippen LogP contribution in [-0.2, 0) is 114 Å². The molecule has 0 fully saturated rings. The van der Waals surface area contributed by atoms with Gasteiger partial charge in [-0.3, -0.25) is 0 Å². The molecule has 0 bridgehead atoms. The standard InChI is InChI=1S/C22H52N6O7.C18H42N4O5.C17H40N4O4.2C13H32N4O4/c23-1-7-29-13-21(14-30-8-2-24,15-31-9-3-25)19-35-20-22(16-32-10-4-26,17-33-11-5-27)18-34-12-6-28;1-13(19)5-23-9-17(26-7-15(3)21)11-25-12-18(27-8-16(4)22)10-24-6-14(2)20;1-13(18)5-22-9-17(10-23-6-14(2)19,11-24-7-15(3)20)12-25-8-16(4)21;2*14-1-5-18-9-13(10-19-6-2-15,11-20-7-3-16)12-21-8-4-17/h1-20,23-28H2;13-18H,5-12,19-22H2,1-4H3;13-16H,5-12,18-21H2,1-4H3;2*1-12,14-17H2. The van der Waals surface area contributed by atoms with Gasteiger partial charge in [0.1, 0.15) is 12.2 Å². The Labute approximate surface area is 775 Å². The molecule has 0 aliphatic heterocycles. The van der Waals surface area contributed by atoms with Gasteiger partial charge in [-0.25, -0.2) is 0 Å². The minimum atomic E-state index is -0.584. The first kappa shape index (κ1) is 136. The van der Waals surface area contributed by atoms with Crippen molar-refractivity contribution in [2.45, 2.75) is 116 Å². The van der Waals surface area contributed by atoms with Gasteiger partial charge in [0.05, 0.1) is 331 Å². The molecule has 0 radical (unpaired) electrons. The zero-order valence-corrected chi connectivity index (χ0v) is 81.2. The summed E-state index contributed by atoms with van der Waals surface area (Å²) in [5.41, 5.74) is 121.